The van der Waals surface area contributed by atoms with E-state index in [0.717, 1.165) is 6.42 Å². The van der Waals surface area contributed by atoms with Gasteiger partial charge in [0.2, 0.25) is 0 Å². The first-order valence-electron chi connectivity index (χ1n) is 6.47. The molecule has 0 bridgehead atoms. The first kappa shape index (κ1) is 14.7. The molecule has 21 heavy (non-hydrogen) atoms. The van der Waals surface area contributed by atoms with Gasteiger partial charge in [0.15, 0.2) is 0 Å². The van der Waals surface area contributed by atoms with Crippen molar-refractivity contribution in [1.29, 1.82) is 0 Å². The van der Waals surface area contributed by atoms with Gasteiger partial charge in [-0.2, -0.15) is 0 Å². The number of nitro benzene ring substituents is 1. The van der Waals surface area contributed by atoms with E-state index < -0.39 is 10.9 Å². The second kappa shape index (κ2) is 6.17. The third-order valence-corrected chi connectivity index (χ3v) is 3.04. The van der Waals surface area contributed by atoms with Crippen molar-refractivity contribution in [3.8, 4) is 5.69 Å². The van der Waals surface area contributed by atoms with Crippen LogP contribution in [0, 0.1) is 10.1 Å². The molecule has 110 valence electrons. The molecule has 0 aliphatic heterocycles. The van der Waals surface area contributed by atoms with Crippen molar-refractivity contribution < 1.29 is 14.5 Å². The third-order valence-electron chi connectivity index (χ3n) is 3.04. The molecule has 0 aliphatic carbocycles. The number of nitrogens with zero attached hydrogens (tertiary/aromatic N) is 3. The van der Waals surface area contributed by atoms with E-state index in [2.05, 4.69) is 9.72 Å². The van der Waals surface area contributed by atoms with E-state index in [1.807, 2.05) is 6.92 Å². The Bertz CT molecular complexity index is 679. The SMILES string of the molecule is CCCc1nccn1-c1cc(C(=O)OC)ccc1[N+](=O)[O-]. The highest BCUT2D eigenvalue weighted by atomic mass is 16.6. The summed E-state index contributed by atoms with van der Waals surface area (Å²) in [6.45, 7) is 2.00. The van der Waals surface area contributed by atoms with Crippen LogP contribution >= 0.6 is 0 Å². The summed E-state index contributed by atoms with van der Waals surface area (Å²) in [5.41, 5.74) is 0.483. The van der Waals surface area contributed by atoms with Crippen LogP contribution in [0.2, 0.25) is 0 Å². The highest BCUT2D eigenvalue weighted by Crippen LogP contribution is 2.26. The number of carbonyl (C=O) groups excluding carboxylic acids is 1. The van der Waals surface area contributed by atoms with Gasteiger partial charge in [-0.25, -0.2) is 9.78 Å². The fourth-order valence-electron chi connectivity index (χ4n) is 2.08. The lowest BCUT2D eigenvalue weighted by Gasteiger charge is -2.09. The van der Waals surface area contributed by atoms with Crippen molar-refractivity contribution in [2.24, 2.45) is 0 Å². The summed E-state index contributed by atoms with van der Waals surface area (Å²) >= 11 is 0. The number of imidazole rings is 1. The fraction of sp³-hybridized carbons (Fsp3) is 0.286. The Balaban J connectivity index is 2.60. The summed E-state index contributed by atoms with van der Waals surface area (Å²) in [5, 5.41) is 11.2. The zero-order valence-corrected chi connectivity index (χ0v) is 11.8. The van der Waals surface area contributed by atoms with Crippen LogP contribution < -0.4 is 0 Å². The summed E-state index contributed by atoms with van der Waals surface area (Å²) < 4.78 is 6.29. The fourth-order valence-corrected chi connectivity index (χ4v) is 2.08. The summed E-state index contributed by atoms with van der Waals surface area (Å²) in [6, 6.07) is 4.13. The second-order valence-electron chi connectivity index (χ2n) is 4.42. The molecule has 2 rings (SSSR count). The molecule has 0 radical (unpaired) electrons. The molecule has 0 saturated carbocycles. The maximum Gasteiger partial charge on any atom is 0.337 e. The van der Waals surface area contributed by atoms with E-state index >= 15 is 0 Å². The van der Waals surface area contributed by atoms with E-state index in [-0.39, 0.29) is 11.3 Å². The Morgan fingerprint density at radius 2 is 2.24 bits per heavy atom. The van der Waals surface area contributed by atoms with Gasteiger partial charge in [-0.3, -0.25) is 14.7 Å². The topological polar surface area (TPSA) is 87.3 Å². The van der Waals surface area contributed by atoms with Crippen molar-refractivity contribution >= 4 is 11.7 Å². The maximum atomic E-state index is 11.6. The molecule has 0 fully saturated rings. The number of ether oxygens (including phenoxy) is 1. The number of aryl methyl sites for hydroxylation is 1. The molecule has 0 spiro atoms. The van der Waals surface area contributed by atoms with Crippen LogP contribution in [0.3, 0.4) is 0 Å². The first-order valence-corrected chi connectivity index (χ1v) is 6.47. The van der Waals surface area contributed by atoms with Gasteiger partial charge in [-0.15, -0.1) is 0 Å². The quantitative estimate of drug-likeness (QED) is 0.479. The van der Waals surface area contributed by atoms with E-state index in [4.69, 9.17) is 0 Å². The summed E-state index contributed by atoms with van der Waals surface area (Å²) in [7, 11) is 1.27. The van der Waals surface area contributed by atoms with Gasteiger partial charge >= 0.3 is 5.97 Å². The molecule has 1 heterocycles. The molecule has 7 nitrogen and oxygen atoms in total. The lowest BCUT2D eigenvalue weighted by molar-refractivity contribution is -0.384. The average molecular weight is 289 g/mol. The van der Waals surface area contributed by atoms with Gasteiger partial charge in [0.1, 0.15) is 11.5 Å². The van der Waals surface area contributed by atoms with Crippen LogP contribution in [0.4, 0.5) is 5.69 Å². The Labute approximate surface area is 121 Å². The Kier molecular flexibility index (Phi) is 4.32. The van der Waals surface area contributed by atoms with E-state index in [9.17, 15) is 14.9 Å². The van der Waals surface area contributed by atoms with Gasteiger partial charge in [0, 0.05) is 24.9 Å². The molecule has 0 unspecified atom stereocenters. The number of methoxy groups -OCH3 is 1. The minimum Gasteiger partial charge on any atom is -0.465 e. The molecule has 2 aromatic rings. The normalized spacial score (nSPS) is 10.4. The third kappa shape index (κ3) is 2.91. The van der Waals surface area contributed by atoms with E-state index in [1.165, 1.54) is 25.3 Å². The van der Waals surface area contributed by atoms with Crippen LogP contribution in [0.1, 0.15) is 29.5 Å². The molecule has 0 saturated heterocycles. The number of aromatic nitrogens is 2. The highest BCUT2D eigenvalue weighted by Gasteiger charge is 2.20. The highest BCUT2D eigenvalue weighted by molar-refractivity contribution is 5.90. The van der Waals surface area contributed by atoms with Crippen LogP contribution in [-0.2, 0) is 11.2 Å². The number of nitro groups is 1. The van der Waals surface area contributed by atoms with Crippen molar-refractivity contribution in [2.75, 3.05) is 7.11 Å². The van der Waals surface area contributed by atoms with Crippen molar-refractivity contribution in [3.63, 3.8) is 0 Å². The summed E-state index contributed by atoms with van der Waals surface area (Å²) in [6.07, 6.45) is 4.78. The summed E-state index contributed by atoms with van der Waals surface area (Å²) in [5.74, 6) is 0.172. The van der Waals surface area contributed by atoms with Crippen LogP contribution in [0.5, 0.6) is 0 Å². The Morgan fingerprint density at radius 1 is 1.48 bits per heavy atom. The monoisotopic (exact) mass is 289 g/mol. The molecule has 0 aliphatic rings. The molecule has 7 heteroatoms. The molecule has 1 aromatic heterocycles. The predicted octanol–water partition coefficient (Wildman–Crippen LogP) is 2.52. The molecule has 0 N–H and O–H groups in total. The van der Waals surface area contributed by atoms with Crippen LogP contribution in [0.15, 0.2) is 30.6 Å². The smallest absolute Gasteiger partial charge is 0.337 e. The van der Waals surface area contributed by atoms with Crippen LogP contribution in [-0.4, -0.2) is 27.6 Å². The van der Waals surface area contributed by atoms with Gasteiger partial charge in [-0.05, 0) is 18.6 Å². The van der Waals surface area contributed by atoms with Gasteiger partial charge < -0.3 is 4.74 Å². The second-order valence-corrected chi connectivity index (χ2v) is 4.42. The largest absolute Gasteiger partial charge is 0.465 e. The van der Waals surface area contributed by atoms with Gasteiger partial charge in [0.25, 0.3) is 5.69 Å². The number of rotatable bonds is 5. The molecular formula is C14H15N3O4. The number of hydrogen-bond donors (Lipinski definition) is 0. The standard InChI is InChI=1S/C14H15N3O4/c1-3-4-13-15-7-8-16(13)12-9-10(14(18)21-2)5-6-11(12)17(19)20/h5-9H,3-4H2,1-2H3. The molecule has 0 atom stereocenters. The van der Waals surface area contributed by atoms with E-state index in [1.54, 1.807) is 17.0 Å². The maximum absolute atomic E-state index is 11.6. The first-order chi connectivity index (χ1) is 10.1. The lowest BCUT2D eigenvalue weighted by Crippen LogP contribution is -2.07. The number of benzene rings is 1. The zero-order chi connectivity index (χ0) is 15.4. The minimum absolute atomic E-state index is 0.0852. The Morgan fingerprint density at radius 3 is 2.86 bits per heavy atom. The number of hydrogen-bond acceptors (Lipinski definition) is 5. The number of esters is 1. The zero-order valence-electron chi connectivity index (χ0n) is 11.8. The van der Waals surface area contributed by atoms with E-state index in [0.29, 0.717) is 17.9 Å². The van der Waals surface area contributed by atoms with Gasteiger partial charge in [-0.1, -0.05) is 6.92 Å². The van der Waals surface area contributed by atoms with Crippen molar-refractivity contribution in [2.45, 2.75) is 19.8 Å². The molecular weight excluding hydrogens is 274 g/mol. The molecule has 1 aromatic carbocycles. The number of carbonyl (C=O) groups is 1. The average Bonchev–Trinajstić information content (AvgIpc) is 2.94. The Hall–Kier alpha value is -2.70. The lowest BCUT2D eigenvalue weighted by atomic mass is 10.1. The minimum atomic E-state index is -0.539. The molecule has 0 amide bonds. The van der Waals surface area contributed by atoms with Crippen molar-refractivity contribution in [3.05, 3.63) is 52.1 Å². The van der Waals surface area contributed by atoms with Crippen molar-refractivity contribution in [1.82, 2.24) is 9.55 Å². The predicted molar refractivity (Wildman–Crippen MR) is 75.6 cm³/mol. The van der Waals surface area contributed by atoms with Crippen LogP contribution in [0.25, 0.3) is 5.69 Å². The van der Waals surface area contributed by atoms with Gasteiger partial charge in [0.05, 0.1) is 17.6 Å². The summed E-state index contributed by atoms with van der Waals surface area (Å²) in [4.78, 5) is 26.5.